The van der Waals surface area contributed by atoms with Crippen LogP contribution in [-0.4, -0.2) is 4.92 Å². The van der Waals surface area contributed by atoms with Crippen molar-refractivity contribution >= 4 is 11.4 Å². The van der Waals surface area contributed by atoms with Crippen LogP contribution in [0.15, 0.2) is 42.5 Å². The summed E-state index contributed by atoms with van der Waals surface area (Å²) in [6, 6.07) is 12.1. The van der Waals surface area contributed by atoms with E-state index in [1.54, 1.807) is 24.3 Å². The first kappa shape index (κ1) is 13.5. The summed E-state index contributed by atoms with van der Waals surface area (Å²) in [5, 5.41) is 22.6. The zero-order valence-electron chi connectivity index (χ0n) is 10.3. The highest BCUT2D eigenvalue weighted by molar-refractivity contribution is 5.59. The van der Waals surface area contributed by atoms with E-state index in [-0.39, 0.29) is 17.1 Å². The molecule has 0 saturated heterocycles. The predicted octanol–water partition coefficient (Wildman–Crippen LogP) is 3.22. The minimum Gasteiger partial charge on any atom is -0.381 e. The molecule has 5 nitrogen and oxygen atoms in total. The molecule has 0 atom stereocenters. The van der Waals surface area contributed by atoms with Gasteiger partial charge in [0.15, 0.2) is 0 Å². The van der Waals surface area contributed by atoms with Gasteiger partial charge in [-0.2, -0.15) is 5.26 Å². The zero-order valence-corrected chi connectivity index (χ0v) is 10.3. The van der Waals surface area contributed by atoms with E-state index < -0.39 is 4.92 Å². The van der Waals surface area contributed by atoms with Crippen molar-refractivity contribution in [2.75, 3.05) is 5.32 Å². The number of anilines is 1. The molecule has 2 aromatic carbocycles. The topological polar surface area (TPSA) is 79.0 Å². The SMILES string of the molecule is N#Cc1ccc(NCc2cccc(F)c2)cc1[N+](=O)[O-]. The number of nitrogens with one attached hydrogen (secondary N) is 1. The van der Waals surface area contributed by atoms with E-state index in [1.165, 1.54) is 24.3 Å². The van der Waals surface area contributed by atoms with Crippen molar-refractivity contribution in [3.63, 3.8) is 0 Å². The molecule has 2 rings (SSSR count). The first-order valence-corrected chi connectivity index (χ1v) is 5.77. The lowest BCUT2D eigenvalue weighted by Crippen LogP contribution is -2.01. The average molecular weight is 271 g/mol. The van der Waals surface area contributed by atoms with E-state index in [4.69, 9.17) is 5.26 Å². The zero-order chi connectivity index (χ0) is 14.5. The lowest BCUT2D eigenvalue weighted by Gasteiger charge is -2.07. The van der Waals surface area contributed by atoms with Gasteiger partial charge in [0.05, 0.1) is 4.92 Å². The molecular formula is C14H10FN3O2. The van der Waals surface area contributed by atoms with E-state index in [0.717, 1.165) is 5.56 Å². The van der Waals surface area contributed by atoms with Crippen molar-refractivity contribution in [3.8, 4) is 6.07 Å². The van der Waals surface area contributed by atoms with Gasteiger partial charge in [-0.15, -0.1) is 0 Å². The minimum absolute atomic E-state index is 0.00584. The van der Waals surface area contributed by atoms with Crippen molar-refractivity contribution in [1.29, 1.82) is 5.26 Å². The molecule has 20 heavy (non-hydrogen) atoms. The predicted molar refractivity (Wildman–Crippen MR) is 71.5 cm³/mol. The molecule has 0 spiro atoms. The Morgan fingerprint density at radius 2 is 2.10 bits per heavy atom. The van der Waals surface area contributed by atoms with Crippen LogP contribution in [0, 0.1) is 27.3 Å². The second-order valence-electron chi connectivity index (χ2n) is 4.08. The molecule has 0 bridgehead atoms. The highest BCUT2D eigenvalue weighted by atomic mass is 19.1. The third-order valence-electron chi connectivity index (χ3n) is 2.70. The minimum atomic E-state index is -0.605. The molecule has 0 radical (unpaired) electrons. The number of rotatable bonds is 4. The van der Waals surface area contributed by atoms with Crippen LogP contribution in [0.25, 0.3) is 0 Å². The maximum atomic E-state index is 13.0. The van der Waals surface area contributed by atoms with E-state index in [2.05, 4.69) is 5.32 Å². The van der Waals surface area contributed by atoms with Crippen LogP contribution < -0.4 is 5.32 Å². The molecule has 100 valence electrons. The fourth-order valence-electron chi connectivity index (χ4n) is 1.74. The van der Waals surface area contributed by atoms with Gasteiger partial charge in [-0.1, -0.05) is 12.1 Å². The van der Waals surface area contributed by atoms with Crippen molar-refractivity contribution in [3.05, 3.63) is 69.5 Å². The van der Waals surface area contributed by atoms with Gasteiger partial charge in [0, 0.05) is 18.3 Å². The van der Waals surface area contributed by atoms with E-state index in [9.17, 15) is 14.5 Å². The maximum Gasteiger partial charge on any atom is 0.289 e. The molecule has 0 aliphatic rings. The number of nitro groups is 1. The number of halogens is 1. The second kappa shape index (κ2) is 5.80. The number of hydrogen-bond donors (Lipinski definition) is 1. The highest BCUT2D eigenvalue weighted by Crippen LogP contribution is 2.22. The Bertz CT molecular complexity index is 695. The number of nitrogens with zero attached hydrogens (tertiary/aromatic N) is 2. The third-order valence-corrected chi connectivity index (χ3v) is 2.70. The molecule has 0 heterocycles. The van der Waals surface area contributed by atoms with Crippen molar-refractivity contribution < 1.29 is 9.31 Å². The number of hydrogen-bond acceptors (Lipinski definition) is 4. The summed E-state index contributed by atoms with van der Waals surface area (Å²) in [6.07, 6.45) is 0. The van der Waals surface area contributed by atoms with Gasteiger partial charge in [-0.3, -0.25) is 10.1 Å². The molecule has 0 saturated carbocycles. The largest absolute Gasteiger partial charge is 0.381 e. The first-order valence-electron chi connectivity index (χ1n) is 5.77. The van der Waals surface area contributed by atoms with Gasteiger partial charge in [-0.25, -0.2) is 4.39 Å². The second-order valence-corrected chi connectivity index (χ2v) is 4.08. The smallest absolute Gasteiger partial charge is 0.289 e. The van der Waals surface area contributed by atoms with Gasteiger partial charge < -0.3 is 5.32 Å². The quantitative estimate of drug-likeness (QED) is 0.684. The molecule has 2 aromatic rings. The lowest BCUT2D eigenvalue weighted by atomic mass is 10.1. The first-order chi connectivity index (χ1) is 9.60. The number of nitro benzene ring substituents is 1. The Balaban J connectivity index is 2.16. The molecule has 0 amide bonds. The Kier molecular flexibility index (Phi) is 3.91. The number of nitriles is 1. The van der Waals surface area contributed by atoms with Gasteiger partial charge >= 0.3 is 0 Å². The van der Waals surface area contributed by atoms with Gasteiger partial charge in [0.1, 0.15) is 17.4 Å². The molecular weight excluding hydrogens is 261 g/mol. The molecule has 0 aliphatic carbocycles. The summed E-state index contributed by atoms with van der Waals surface area (Å²) in [5.41, 5.74) is 0.972. The Morgan fingerprint density at radius 3 is 2.75 bits per heavy atom. The van der Waals surface area contributed by atoms with Gasteiger partial charge in [0.2, 0.25) is 0 Å². The van der Waals surface area contributed by atoms with E-state index >= 15 is 0 Å². The van der Waals surface area contributed by atoms with Crippen molar-refractivity contribution in [2.45, 2.75) is 6.54 Å². The molecule has 0 unspecified atom stereocenters. The molecule has 1 N–H and O–H groups in total. The summed E-state index contributed by atoms with van der Waals surface area (Å²) in [5.74, 6) is -0.338. The van der Waals surface area contributed by atoms with E-state index in [1.807, 2.05) is 0 Å². The van der Waals surface area contributed by atoms with Crippen molar-refractivity contribution in [2.24, 2.45) is 0 Å². The van der Waals surface area contributed by atoms with E-state index in [0.29, 0.717) is 12.2 Å². The summed E-state index contributed by atoms with van der Waals surface area (Å²) in [6.45, 7) is 0.334. The van der Waals surface area contributed by atoms with Crippen LogP contribution in [0.1, 0.15) is 11.1 Å². The fourth-order valence-corrected chi connectivity index (χ4v) is 1.74. The lowest BCUT2D eigenvalue weighted by molar-refractivity contribution is -0.385. The maximum absolute atomic E-state index is 13.0. The standard InChI is InChI=1S/C14H10FN3O2/c15-12-3-1-2-10(6-12)9-17-13-5-4-11(8-16)14(7-13)18(19)20/h1-7,17H,9H2. The van der Waals surface area contributed by atoms with Crippen LogP contribution in [0.5, 0.6) is 0 Å². The summed E-state index contributed by atoms with van der Waals surface area (Å²) < 4.78 is 13.0. The van der Waals surface area contributed by atoms with Crippen LogP contribution in [0.3, 0.4) is 0 Å². The average Bonchev–Trinajstić information content (AvgIpc) is 2.45. The Hall–Kier alpha value is -2.94. The Morgan fingerprint density at radius 1 is 1.30 bits per heavy atom. The number of benzene rings is 2. The summed E-state index contributed by atoms with van der Waals surface area (Å²) in [7, 11) is 0. The molecule has 0 fully saturated rings. The molecule has 0 aromatic heterocycles. The van der Waals surface area contributed by atoms with Crippen LogP contribution in [-0.2, 0) is 6.54 Å². The van der Waals surface area contributed by atoms with Crippen molar-refractivity contribution in [1.82, 2.24) is 0 Å². The normalized spacial score (nSPS) is 9.80. The third kappa shape index (κ3) is 3.09. The molecule has 0 aliphatic heterocycles. The fraction of sp³-hybridized carbons (Fsp3) is 0.0714. The van der Waals surface area contributed by atoms with Crippen LogP contribution >= 0.6 is 0 Å². The highest BCUT2D eigenvalue weighted by Gasteiger charge is 2.13. The summed E-state index contributed by atoms with van der Waals surface area (Å²) in [4.78, 5) is 10.2. The molecule has 6 heteroatoms. The van der Waals surface area contributed by atoms with Gasteiger partial charge in [0.25, 0.3) is 5.69 Å². The monoisotopic (exact) mass is 271 g/mol. The van der Waals surface area contributed by atoms with Gasteiger partial charge in [-0.05, 0) is 29.8 Å². The Labute approximate surface area is 114 Å². The van der Waals surface area contributed by atoms with Crippen LogP contribution in [0.4, 0.5) is 15.8 Å². The summed E-state index contributed by atoms with van der Waals surface area (Å²) >= 11 is 0. The van der Waals surface area contributed by atoms with Crippen LogP contribution in [0.2, 0.25) is 0 Å².